The average molecular weight is 353 g/mol. The van der Waals surface area contributed by atoms with Crippen LogP contribution in [0.3, 0.4) is 0 Å². The lowest BCUT2D eigenvalue weighted by atomic mass is 10.2. The monoisotopic (exact) mass is 353 g/mol. The molecule has 0 unspecified atom stereocenters. The molecule has 0 N–H and O–H groups in total. The van der Waals surface area contributed by atoms with Gasteiger partial charge in [0.2, 0.25) is 5.89 Å². The van der Waals surface area contributed by atoms with Crippen LogP contribution in [-0.4, -0.2) is 21.5 Å². The first-order valence-corrected chi connectivity index (χ1v) is 7.69. The number of hydrogen-bond donors (Lipinski definition) is 0. The smallest absolute Gasteiger partial charge is 0.411 e. The first kappa shape index (κ1) is 16.3. The molecule has 3 rings (SSSR count). The Morgan fingerprint density at radius 1 is 1.00 bits per heavy atom. The van der Waals surface area contributed by atoms with Gasteiger partial charge < -0.3 is 9.15 Å². The predicted octanol–water partition coefficient (Wildman–Crippen LogP) is 4.32. The van der Waals surface area contributed by atoms with Gasteiger partial charge in [0, 0.05) is 23.7 Å². The van der Waals surface area contributed by atoms with Crippen LogP contribution in [-0.2, 0) is 5.75 Å². The molecule has 0 atom stereocenters. The standard InChI is InChI=1S/C15H10F3N3O2S/c16-15(17,18)23-12-3-1-10(2-4-12)9-24-14-21-20-13(22-14)11-5-7-19-8-6-11/h1-8H,9H2. The van der Waals surface area contributed by atoms with E-state index >= 15 is 0 Å². The van der Waals surface area contributed by atoms with Gasteiger partial charge in [-0.3, -0.25) is 4.98 Å². The van der Waals surface area contributed by atoms with Crippen molar-refractivity contribution in [3.63, 3.8) is 0 Å². The van der Waals surface area contributed by atoms with Gasteiger partial charge in [0.1, 0.15) is 5.75 Å². The number of hydrogen-bond acceptors (Lipinski definition) is 6. The molecule has 0 fully saturated rings. The van der Waals surface area contributed by atoms with E-state index in [9.17, 15) is 13.2 Å². The van der Waals surface area contributed by atoms with Crippen LogP contribution < -0.4 is 4.74 Å². The highest BCUT2D eigenvalue weighted by atomic mass is 32.2. The number of nitrogens with zero attached hydrogens (tertiary/aromatic N) is 3. The lowest BCUT2D eigenvalue weighted by Crippen LogP contribution is -2.16. The van der Waals surface area contributed by atoms with Crippen LogP contribution >= 0.6 is 11.8 Å². The van der Waals surface area contributed by atoms with Gasteiger partial charge in [-0.1, -0.05) is 23.9 Å². The summed E-state index contributed by atoms with van der Waals surface area (Å²) >= 11 is 1.29. The second kappa shape index (κ2) is 6.91. The minimum absolute atomic E-state index is 0.256. The summed E-state index contributed by atoms with van der Waals surface area (Å²) in [7, 11) is 0. The molecule has 0 saturated carbocycles. The number of ether oxygens (including phenoxy) is 1. The Bertz CT molecular complexity index is 792. The van der Waals surface area contributed by atoms with E-state index in [1.807, 2.05) is 0 Å². The maximum atomic E-state index is 12.1. The molecule has 0 saturated heterocycles. The Kier molecular flexibility index (Phi) is 4.70. The lowest BCUT2D eigenvalue weighted by Gasteiger charge is -2.08. The summed E-state index contributed by atoms with van der Waals surface area (Å²) in [5.41, 5.74) is 1.57. The van der Waals surface area contributed by atoms with E-state index in [1.54, 1.807) is 36.7 Å². The molecule has 3 aromatic rings. The van der Waals surface area contributed by atoms with Crippen LogP contribution in [0.4, 0.5) is 13.2 Å². The van der Waals surface area contributed by atoms with E-state index in [-0.39, 0.29) is 5.75 Å². The summed E-state index contributed by atoms with van der Waals surface area (Å²) in [6.45, 7) is 0. The molecule has 0 aliphatic heterocycles. The van der Waals surface area contributed by atoms with Crippen molar-refractivity contribution in [3.05, 3.63) is 54.4 Å². The second-order valence-electron chi connectivity index (χ2n) is 4.59. The maximum absolute atomic E-state index is 12.1. The van der Waals surface area contributed by atoms with E-state index in [0.29, 0.717) is 16.9 Å². The summed E-state index contributed by atoms with van der Waals surface area (Å²) in [5.74, 6) is 0.604. The highest BCUT2D eigenvalue weighted by Crippen LogP contribution is 2.27. The second-order valence-corrected chi connectivity index (χ2v) is 5.52. The van der Waals surface area contributed by atoms with Gasteiger partial charge >= 0.3 is 6.36 Å². The quantitative estimate of drug-likeness (QED) is 0.637. The minimum Gasteiger partial charge on any atom is -0.411 e. The van der Waals surface area contributed by atoms with Crippen molar-refractivity contribution < 1.29 is 22.3 Å². The van der Waals surface area contributed by atoms with Crippen molar-refractivity contribution in [1.29, 1.82) is 0 Å². The Labute approximate surface area is 138 Å². The number of pyridine rings is 1. The fourth-order valence-corrected chi connectivity index (χ4v) is 2.53. The molecule has 2 heterocycles. The van der Waals surface area contributed by atoms with Crippen molar-refractivity contribution >= 4 is 11.8 Å². The number of benzene rings is 1. The summed E-state index contributed by atoms with van der Waals surface area (Å²) < 4.78 is 45.6. The molecule has 0 spiro atoms. The van der Waals surface area contributed by atoms with Crippen LogP contribution in [0.5, 0.6) is 5.75 Å². The molecule has 9 heteroatoms. The van der Waals surface area contributed by atoms with Crippen LogP contribution in [0.1, 0.15) is 5.56 Å². The van der Waals surface area contributed by atoms with E-state index in [0.717, 1.165) is 11.1 Å². The highest BCUT2D eigenvalue weighted by Gasteiger charge is 2.30. The molecule has 0 amide bonds. The fourth-order valence-electron chi connectivity index (χ4n) is 1.81. The Morgan fingerprint density at radius 3 is 2.38 bits per heavy atom. The first-order chi connectivity index (χ1) is 11.5. The Hall–Kier alpha value is -2.55. The van der Waals surface area contributed by atoms with E-state index < -0.39 is 6.36 Å². The number of alkyl halides is 3. The average Bonchev–Trinajstić information content (AvgIpc) is 3.03. The fraction of sp³-hybridized carbons (Fsp3) is 0.133. The summed E-state index contributed by atoms with van der Waals surface area (Å²) in [5, 5.41) is 8.24. The first-order valence-electron chi connectivity index (χ1n) is 6.71. The predicted molar refractivity (Wildman–Crippen MR) is 80.2 cm³/mol. The maximum Gasteiger partial charge on any atom is 0.573 e. The van der Waals surface area contributed by atoms with Crippen molar-refractivity contribution in [2.45, 2.75) is 17.3 Å². The summed E-state index contributed by atoms with van der Waals surface area (Å²) in [6, 6.07) is 9.13. The molecule has 0 radical (unpaired) electrons. The van der Waals surface area contributed by atoms with E-state index in [4.69, 9.17) is 4.42 Å². The molecule has 24 heavy (non-hydrogen) atoms. The normalized spacial score (nSPS) is 11.5. The molecular formula is C15H10F3N3O2S. The van der Waals surface area contributed by atoms with Gasteiger partial charge in [0.25, 0.3) is 5.22 Å². The lowest BCUT2D eigenvalue weighted by molar-refractivity contribution is -0.274. The van der Waals surface area contributed by atoms with Crippen LogP contribution in [0.15, 0.2) is 58.4 Å². The Balaban J connectivity index is 1.59. The third-order valence-electron chi connectivity index (χ3n) is 2.85. The SMILES string of the molecule is FC(F)(F)Oc1ccc(CSc2nnc(-c3ccncc3)o2)cc1. The number of aromatic nitrogens is 3. The number of rotatable bonds is 5. The molecule has 0 bridgehead atoms. The zero-order valence-corrected chi connectivity index (χ0v) is 12.8. The van der Waals surface area contributed by atoms with Gasteiger partial charge in [0.15, 0.2) is 0 Å². The zero-order valence-electron chi connectivity index (χ0n) is 12.0. The zero-order chi connectivity index (χ0) is 17.0. The topological polar surface area (TPSA) is 61.0 Å². The number of halogens is 3. The van der Waals surface area contributed by atoms with Gasteiger partial charge in [-0.15, -0.1) is 23.4 Å². The van der Waals surface area contributed by atoms with E-state index in [1.165, 1.54) is 23.9 Å². The minimum atomic E-state index is -4.69. The molecular weight excluding hydrogens is 343 g/mol. The number of thioether (sulfide) groups is 1. The molecule has 0 aliphatic carbocycles. The largest absolute Gasteiger partial charge is 0.573 e. The van der Waals surface area contributed by atoms with Gasteiger partial charge in [-0.2, -0.15) is 0 Å². The third kappa shape index (κ3) is 4.48. The van der Waals surface area contributed by atoms with Crippen LogP contribution in [0.2, 0.25) is 0 Å². The van der Waals surface area contributed by atoms with Gasteiger partial charge in [-0.05, 0) is 29.8 Å². The Morgan fingerprint density at radius 2 is 1.71 bits per heavy atom. The molecule has 5 nitrogen and oxygen atoms in total. The van der Waals surface area contributed by atoms with Crippen molar-refractivity contribution in [3.8, 4) is 17.2 Å². The van der Waals surface area contributed by atoms with Crippen LogP contribution in [0, 0.1) is 0 Å². The highest BCUT2D eigenvalue weighted by molar-refractivity contribution is 7.98. The molecule has 0 aliphatic rings. The van der Waals surface area contributed by atoms with E-state index in [2.05, 4.69) is 19.9 Å². The molecule has 124 valence electrons. The summed E-state index contributed by atoms with van der Waals surface area (Å²) in [6.07, 6.45) is -1.45. The van der Waals surface area contributed by atoms with Gasteiger partial charge in [0.05, 0.1) is 0 Å². The van der Waals surface area contributed by atoms with Crippen molar-refractivity contribution in [2.75, 3.05) is 0 Å². The third-order valence-corrected chi connectivity index (χ3v) is 3.74. The van der Waals surface area contributed by atoms with Crippen molar-refractivity contribution in [1.82, 2.24) is 15.2 Å². The summed E-state index contributed by atoms with van der Waals surface area (Å²) in [4.78, 5) is 3.91. The van der Waals surface area contributed by atoms with Crippen molar-refractivity contribution in [2.24, 2.45) is 0 Å². The molecule has 2 aromatic heterocycles. The van der Waals surface area contributed by atoms with Crippen LogP contribution in [0.25, 0.3) is 11.5 Å². The van der Waals surface area contributed by atoms with Gasteiger partial charge in [-0.25, -0.2) is 0 Å². The molecule has 1 aromatic carbocycles.